The molecule has 0 unspecified atom stereocenters. The summed E-state index contributed by atoms with van der Waals surface area (Å²) in [5.74, 6) is -2.17. The van der Waals surface area contributed by atoms with Gasteiger partial charge in [-0.1, -0.05) is 6.07 Å². The highest BCUT2D eigenvalue weighted by Crippen LogP contribution is 2.33. The van der Waals surface area contributed by atoms with Gasteiger partial charge < -0.3 is 5.32 Å². The molecule has 0 aliphatic heterocycles. The third-order valence-corrected chi connectivity index (χ3v) is 5.38. The molecule has 0 aliphatic rings. The van der Waals surface area contributed by atoms with Gasteiger partial charge in [0.05, 0.1) is 10.4 Å². The number of aryl methyl sites for hydroxylation is 2. The first-order valence-corrected chi connectivity index (χ1v) is 9.03. The van der Waals surface area contributed by atoms with Crippen molar-refractivity contribution in [1.29, 1.82) is 0 Å². The van der Waals surface area contributed by atoms with Crippen molar-refractivity contribution in [2.24, 2.45) is 7.05 Å². The molecule has 0 fully saturated rings. The average molecular weight is 383 g/mol. The number of hydrogen-bond acceptors (Lipinski definition) is 3. The van der Waals surface area contributed by atoms with Crippen LogP contribution in [0.2, 0.25) is 0 Å². The number of hydrogen-bond donors (Lipinski definition) is 1. The van der Waals surface area contributed by atoms with Gasteiger partial charge in [-0.25, -0.2) is 8.78 Å². The van der Waals surface area contributed by atoms with E-state index >= 15 is 0 Å². The number of para-hydroxylation sites is 1. The van der Waals surface area contributed by atoms with Crippen molar-refractivity contribution in [3.05, 3.63) is 70.7 Å². The number of thiophene rings is 1. The normalized spacial score (nSPS) is 11.1. The molecule has 1 N–H and O–H groups in total. The second-order valence-electron chi connectivity index (χ2n) is 6.24. The largest absolute Gasteiger partial charge is 0.316 e. The van der Waals surface area contributed by atoms with Gasteiger partial charge in [-0.3, -0.25) is 9.48 Å². The fraction of sp³-hybridized carbons (Fsp3) is 0.100. The van der Waals surface area contributed by atoms with Gasteiger partial charge in [0.15, 0.2) is 0 Å². The molecule has 0 saturated carbocycles. The zero-order chi connectivity index (χ0) is 19.1. The number of benzene rings is 2. The lowest BCUT2D eigenvalue weighted by molar-refractivity contribution is 0.102. The van der Waals surface area contributed by atoms with Crippen LogP contribution in [0.4, 0.5) is 14.5 Å². The number of nitrogens with zero attached hydrogens (tertiary/aromatic N) is 2. The molecule has 0 saturated heterocycles. The summed E-state index contributed by atoms with van der Waals surface area (Å²) in [7, 11) is 1.87. The number of amides is 1. The Labute approximate surface area is 158 Å². The van der Waals surface area contributed by atoms with Gasteiger partial charge >= 0.3 is 0 Å². The molecule has 7 heteroatoms. The van der Waals surface area contributed by atoms with E-state index < -0.39 is 23.2 Å². The van der Waals surface area contributed by atoms with Gasteiger partial charge in [0.1, 0.15) is 17.3 Å². The highest BCUT2D eigenvalue weighted by Gasteiger charge is 2.16. The highest BCUT2D eigenvalue weighted by molar-refractivity contribution is 7.17. The Hall–Kier alpha value is -3.06. The lowest BCUT2D eigenvalue weighted by Crippen LogP contribution is -2.12. The lowest BCUT2D eigenvalue weighted by atomic mass is 10.1. The number of rotatable bonds is 3. The van der Waals surface area contributed by atoms with E-state index in [1.54, 1.807) is 10.7 Å². The topological polar surface area (TPSA) is 46.9 Å². The zero-order valence-electron chi connectivity index (χ0n) is 14.6. The molecule has 27 heavy (non-hydrogen) atoms. The molecule has 4 nitrogen and oxygen atoms in total. The Morgan fingerprint density at radius 2 is 1.89 bits per heavy atom. The number of aromatic nitrogens is 2. The fourth-order valence-corrected chi connectivity index (χ4v) is 3.95. The van der Waals surface area contributed by atoms with E-state index in [4.69, 9.17) is 0 Å². The van der Waals surface area contributed by atoms with Crippen LogP contribution in [0.25, 0.3) is 21.3 Å². The third kappa shape index (κ3) is 3.21. The lowest BCUT2D eigenvalue weighted by Gasteiger charge is -2.06. The minimum Gasteiger partial charge on any atom is -0.316 e. The van der Waals surface area contributed by atoms with Crippen LogP contribution < -0.4 is 5.32 Å². The van der Waals surface area contributed by atoms with Crippen LogP contribution in [0, 0.1) is 18.6 Å². The zero-order valence-corrected chi connectivity index (χ0v) is 15.4. The summed E-state index contributed by atoms with van der Waals surface area (Å²) < 4.78 is 29.2. The van der Waals surface area contributed by atoms with E-state index in [1.165, 1.54) is 17.4 Å². The number of nitrogens with one attached hydrogen (secondary N) is 1. The first kappa shape index (κ1) is 17.4. The molecule has 0 aliphatic carbocycles. The Morgan fingerprint density at radius 3 is 2.63 bits per heavy atom. The summed E-state index contributed by atoms with van der Waals surface area (Å²) >= 11 is 1.26. The Morgan fingerprint density at radius 1 is 1.15 bits per heavy atom. The Kier molecular flexibility index (Phi) is 4.24. The van der Waals surface area contributed by atoms with E-state index in [2.05, 4.69) is 10.4 Å². The summed E-state index contributed by atoms with van der Waals surface area (Å²) in [6.07, 6.45) is 1.95. The van der Waals surface area contributed by atoms with Crippen molar-refractivity contribution in [2.75, 3.05) is 5.32 Å². The maximum absolute atomic E-state index is 13.7. The molecular formula is C20H15F2N3OS. The molecule has 0 bridgehead atoms. The summed E-state index contributed by atoms with van der Waals surface area (Å²) in [5.41, 5.74) is 2.46. The van der Waals surface area contributed by atoms with Crippen LogP contribution >= 0.6 is 11.3 Å². The van der Waals surface area contributed by atoms with Crippen LogP contribution in [0.5, 0.6) is 0 Å². The fourth-order valence-electron chi connectivity index (χ4n) is 2.97. The van der Waals surface area contributed by atoms with Crippen molar-refractivity contribution >= 4 is 33.8 Å². The smallest absolute Gasteiger partial charge is 0.265 e. The summed E-state index contributed by atoms with van der Waals surface area (Å²) in [6, 6.07) is 11.0. The number of fused-ring (bicyclic) bond motifs is 1. The maximum Gasteiger partial charge on any atom is 0.265 e. The number of carbonyl (C=O) groups excluding carboxylic acids is 1. The van der Waals surface area contributed by atoms with E-state index in [-0.39, 0.29) is 0 Å². The van der Waals surface area contributed by atoms with Crippen molar-refractivity contribution in [3.8, 4) is 10.4 Å². The monoisotopic (exact) mass is 383 g/mol. The molecular weight excluding hydrogens is 368 g/mol. The van der Waals surface area contributed by atoms with E-state index in [0.29, 0.717) is 4.88 Å². The molecule has 136 valence electrons. The van der Waals surface area contributed by atoms with Crippen LogP contribution in [0.1, 0.15) is 15.2 Å². The summed E-state index contributed by atoms with van der Waals surface area (Å²) in [5, 5.41) is 7.77. The van der Waals surface area contributed by atoms with Gasteiger partial charge in [0, 0.05) is 23.5 Å². The van der Waals surface area contributed by atoms with Crippen molar-refractivity contribution < 1.29 is 13.6 Å². The molecule has 2 aromatic heterocycles. The number of carbonyl (C=O) groups is 1. The van der Waals surface area contributed by atoms with Crippen LogP contribution in [-0.2, 0) is 7.05 Å². The Balaban J connectivity index is 1.65. The SMILES string of the molecule is Cc1cc2cn(C)nc2cc1-c1ccc(C(=O)Nc2c(F)cccc2F)s1. The molecule has 4 aromatic rings. The average Bonchev–Trinajstić information content (AvgIpc) is 3.23. The quantitative estimate of drug-likeness (QED) is 0.532. The number of anilines is 1. The summed E-state index contributed by atoms with van der Waals surface area (Å²) in [4.78, 5) is 13.7. The van der Waals surface area contributed by atoms with Crippen LogP contribution in [0.3, 0.4) is 0 Å². The molecule has 0 spiro atoms. The third-order valence-electron chi connectivity index (χ3n) is 4.26. The van der Waals surface area contributed by atoms with Crippen molar-refractivity contribution in [1.82, 2.24) is 9.78 Å². The summed E-state index contributed by atoms with van der Waals surface area (Å²) in [6.45, 7) is 2.00. The van der Waals surface area contributed by atoms with E-state index in [1.807, 2.05) is 38.4 Å². The van der Waals surface area contributed by atoms with E-state index in [9.17, 15) is 13.6 Å². The van der Waals surface area contributed by atoms with Crippen LogP contribution in [-0.4, -0.2) is 15.7 Å². The molecule has 4 rings (SSSR count). The molecule has 0 atom stereocenters. The Bertz CT molecular complexity index is 1160. The molecule has 2 aromatic carbocycles. The number of halogens is 2. The van der Waals surface area contributed by atoms with Gasteiger partial charge in [-0.05, 0) is 54.4 Å². The molecule has 2 heterocycles. The van der Waals surface area contributed by atoms with E-state index in [0.717, 1.165) is 39.0 Å². The minimum atomic E-state index is -0.809. The van der Waals surface area contributed by atoms with Gasteiger partial charge in [0.25, 0.3) is 5.91 Å². The van der Waals surface area contributed by atoms with Crippen LogP contribution in [0.15, 0.2) is 48.7 Å². The van der Waals surface area contributed by atoms with Gasteiger partial charge in [-0.15, -0.1) is 11.3 Å². The standard InChI is InChI=1S/C20H15F2N3OS/c1-11-8-12-10-25(2)24-16(12)9-13(11)17-6-7-18(27-17)20(26)23-19-14(21)4-3-5-15(19)22/h3-10H,1-2H3,(H,23,26). The minimum absolute atomic E-state index is 0.369. The van der Waals surface area contributed by atoms with Gasteiger partial charge in [-0.2, -0.15) is 5.10 Å². The molecule has 1 amide bonds. The first-order valence-electron chi connectivity index (χ1n) is 8.22. The predicted octanol–water partition coefficient (Wildman–Crippen LogP) is 5.14. The second-order valence-corrected chi connectivity index (χ2v) is 7.33. The maximum atomic E-state index is 13.7. The van der Waals surface area contributed by atoms with Crippen molar-refractivity contribution in [2.45, 2.75) is 6.92 Å². The predicted molar refractivity (Wildman–Crippen MR) is 103 cm³/mol. The molecule has 0 radical (unpaired) electrons. The van der Waals surface area contributed by atoms with Crippen molar-refractivity contribution in [3.63, 3.8) is 0 Å². The second kappa shape index (κ2) is 6.59. The van der Waals surface area contributed by atoms with Gasteiger partial charge in [0.2, 0.25) is 0 Å². The first-order chi connectivity index (χ1) is 12.9. The highest BCUT2D eigenvalue weighted by atomic mass is 32.1.